The van der Waals surface area contributed by atoms with Gasteiger partial charge in [0.05, 0.1) is 5.60 Å². The van der Waals surface area contributed by atoms with Gasteiger partial charge in [0, 0.05) is 20.6 Å². The Kier molecular flexibility index (Phi) is 4.21. The number of rotatable bonds is 5. The van der Waals surface area contributed by atoms with Gasteiger partial charge >= 0.3 is 0 Å². The number of sulfonamides is 1. The minimum Gasteiger partial charge on any atom is -0.389 e. The molecule has 104 valence electrons. The van der Waals surface area contributed by atoms with Crippen molar-refractivity contribution in [3.63, 3.8) is 0 Å². The van der Waals surface area contributed by atoms with Gasteiger partial charge in [0.25, 0.3) is 0 Å². The predicted molar refractivity (Wildman–Crippen MR) is 72.2 cm³/mol. The van der Waals surface area contributed by atoms with Crippen LogP contribution in [-0.4, -0.2) is 48.4 Å². The molecule has 18 heavy (non-hydrogen) atoms. The molecular formula is C9H18N4O3S2. The van der Waals surface area contributed by atoms with Gasteiger partial charge in [-0.2, -0.15) is 4.37 Å². The Balaban J connectivity index is 3.11. The normalized spacial score (nSPS) is 13.0. The third kappa shape index (κ3) is 3.31. The van der Waals surface area contributed by atoms with Crippen molar-refractivity contribution in [3.05, 3.63) is 0 Å². The van der Waals surface area contributed by atoms with Crippen molar-refractivity contribution in [1.82, 2.24) is 8.68 Å². The quantitative estimate of drug-likeness (QED) is 0.714. The third-order valence-electron chi connectivity index (χ3n) is 2.09. The molecule has 0 radical (unpaired) electrons. The summed E-state index contributed by atoms with van der Waals surface area (Å²) < 4.78 is 29.0. The zero-order chi connectivity index (χ0) is 14.1. The van der Waals surface area contributed by atoms with Crippen molar-refractivity contribution < 1.29 is 13.5 Å². The summed E-state index contributed by atoms with van der Waals surface area (Å²) in [6, 6.07) is 0. The molecule has 0 fully saturated rings. The van der Waals surface area contributed by atoms with E-state index in [1.165, 1.54) is 14.1 Å². The summed E-state index contributed by atoms with van der Waals surface area (Å²) in [7, 11) is -0.805. The molecule has 0 atom stereocenters. The van der Waals surface area contributed by atoms with E-state index in [1.54, 1.807) is 13.8 Å². The molecule has 0 aromatic carbocycles. The first kappa shape index (κ1) is 15.2. The zero-order valence-corrected chi connectivity index (χ0v) is 12.4. The van der Waals surface area contributed by atoms with Gasteiger partial charge in [0.15, 0.2) is 10.7 Å². The summed E-state index contributed by atoms with van der Waals surface area (Å²) in [4.78, 5) is -0.0400. The average Bonchev–Trinajstić information content (AvgIpc) is 2.55. The number of aliphatic hydroxyl groups is 1. The summed E-state index contributed by atoms with van der Waals surface area (Å²) >= 11 is 0.958. The number of nitrogen functional groups attached to an aromatic ring is 1. The van der Waals surface area contributed by atoms with Crippen molar-refractivity contribution in [3.8, 4) is 0 Å². The molecule has 4 N–H and O–H groups in total. The molecule has 9 heteroatoms. The van der Waals surface area contributed by atoms with Gasteiger partial charge in [-0.1, -0.05) is 0 Å². The molecule has 0 saturated heterocycles. The molecule has 0 saturated carbocycles. The van der Waals surface area contributed by atoms with Crippen LogP contribution in [0.1, 0.15) is 13.8 Å². The molecule has 1 rings (SSSR count). The molecule has 7 nitrogen and oxygen atoms in total. The van der Waals surface area contributed by atoms with E-state index in [0.29, 0.717) is 5.00 Å². The summed E-state index contributed by atoms with van der Waals surface area (Å²) in [5, 5.41) is 12.8. The highest BCUT2D eigenvalue weighted by Crippen LogP contribution is 2.33. The molecular weight excluding hydrogens is 276 g/mol. The van der Waals surface area contributed by atoms with Crippen molar-refractivity contribution in [2.45, 2.75) is 24.3 Å². The Bertz CT molecular complexity index is 516. The van der Waals surface area contributed by atoms with Gasteiger partial charge in [0.2, 0.25) is 10.0 Å². The van der Waals surface area contributed by atoms with Crippen LogP contribution in [0, 0.1) is 0 Å². The molecule has 1 aromatic heterocycles. The minimum absolute atomic E-state index is 0.0352. The fourth-order valence-corrected chi connectivity index (χ4v) is 3.21. The molecule has 0 amide bonds. The highest BCUT2D eigenvalue weighted by molar-refractivity contribution is 7.89. The molecule has 0 aliphatic heterocycles. The van der Waals surface area contributed by atoms with Gasteiger partial charge in [-0.05, 0) is 25.4 Å². The van der Waals surface area contributed by atoms with Crippen molar-refractivity contribution >= 4 is 32.4 Å². The van der Waals surface area contributed by atoms with Gasteiger partial charge in [-0.15, -0.1) is 0 Å². The molecule has 1 heterocycles. The lowest BCUT2D eigenvalue weighted by Gasteiger charge is -2.19. The number of nitrogens with one attached hydrogen (secondary N) is 1. The Labute approximate surface area is 111 Å². The monoisotopic (exact) mass is 294 g/mol. The minimum atomic E-state index is -3.65. The SMILES string of the molecule is CN(C)S(=O)(=O)c1c(N)nsc1NCC(C)(C)O. The highest BCUT2D eigenvalue weighted by atomic mass is 32.2. The van der Waals surface area contributed by atoms with Crippen molar-refractivity contribution in [2.75, 3.05) is 31.7 Å². The fourth-order valence-electron chi connectivity index (χ4n) is 1.14. The van der Waals surface area contributed by atoms with Crippen LogP contribution in [-0.2, 0) is 10.0 Å². The summed E-state index contributed by atoms with van der Waals surface area (Å²) in [6.45, 7) is 3.43. The second kappa shape index (κ2) is 5.00. The molecule has 0 aliphatic rings. The Morgan fingerprint density at radius 3 is 2.50 bits per heavy atom. The van der Waals surface area contributed by atoms with Crippen LogP contribution in [0.3, 0.4) is 0 Å². The maximum Gasteiger partial charge on any atom is 0.249 e. The van der Waals surface area contributed by atoms with Crippen LogP contribution >= 0.6 is 11.5 Å². The molecule has 0 aliphatic carbocycles. The molecule has 1 aromatic rings. The van der Waals surface area contributed by atoms with Crippen molar-refractivity contribution in [2.24, 2.45) is 0 Å². The van der Waals surface area contributed by atoms with E-state index < -0.39 is 15.6 Å². The average molecular weight is 294 g/mol. The number of hydrogen-bond donors (Lipinski definition) is 3. The molecule has 0 unspecified atom stereocenters. The van der Waals surface area contributed by atoms with Crippen LogP contribution in [0.5, 0.6) is 0 Å². The highest BCUT2D eigenvalue weighted by Gasteiger charge is 2.28. The van der Waals surface area contributed by atoms with E-state index in [4.69, 9.17) is 5.73 Å². The lowest BCUT2D eigenvalue weighted by Crippen LogP contribution is -2.30. The van der Waals surface area contributed by atoms with Crippen LogP contribution < -0.4 is 11.1 Å². The summed E-state index contributed by atoms with van der Waals surface area (Å²) in [5.74, 6) is -0.0352. The molecule has 0 bridgehead atoms. The topological polar surface area (TPSA) is 109 Å². The summed E-state index contributed by atoms with van der Waals surface area (Å²) in [5.41, 5.74) is 4.64. The first-order chi connectivity index (χ1) is 8.05. The lowest BCUT2D eigenvalue weighted by atomic mass is 10.1. The maximum absolute atomic E-state index is 12.1. The van der Waals surface area contributed by atoms with Crippen LogP contribution in [0.2, 0.25) is 0 Å². The Morgan fingerprint density at radius 1 is 1.50 bits per heavy atom. The van der Waals surface area contributed by atoms with Crippen molar-refractivity contribution in [1.29, 1.82) is 0 Å². The van der Waals surface area contributed by atoms with E-state index >= 15 is 0 Å². The van der Waals surface area contributed by atoms with Gasteiger partial charge in [-0.3, -0.25) is 0 Å². The number of nitrogens with two attached hydrogens (primary N) is 1. The van der Waals surface area contributed by atoms with Gasteiger partial charge in [0.1, 0.15) is 5.00 Å². The molecule has 0 spiro atoms. The van der Waals surface area contributed by atoms with E-state index in [9.17, 15) is 13.5 Å². The summed E-state index contributed by atoms with van der Waals surface area (Å²) in [6.07, 6.45) is 0. The second-order valence-electron chi connectivity index (χ2n) is 4.68. The third-order valence-corrected chi connectivity index (χ3v) is 4.93. The Hall–Kier alpha value is -0.900. The van der Waals surface area contributed by atoms with E-state index in [2.05, 4.69) is 9.69 Å². The standard InChI is InChI=1S/C9H18N4O3S2/c1-9(2,14)5-11-8-6(7(10)12-17-8)18(15,16)13(3)4/h11,14H,5H2,1-4H3,(H2,10,12). The van der Waals surface area contributed by atoms with Gasteiger partial charge in [-0.25, -0.2) is 12.7 Å². The van der Waals surface area contributed by atoms with Crippen LogP contribution in [0.25, 0.3) is 0 Å². The number of anilines is 2. The van der Waals surface area contributed by atoms with Crippen LogP contribution in [0.4, 0.5) is 10.8 Å². The van der Waals surface area contributed by atoms with E-state index in [1.807, 2.05) is 0 Å². The number of aromatic nitrogens is 1. The zero-order valence-electron chi connectivity index (χ0n) is 10.8. The lowest BCUT2D eigenvalue weighted by molar-refractivity contribution is 0.0945. The van der Waals surface area contributed by atoms with E-state index in [-0.39, 0.29) is 17.3 Å². The first-order valence-corrected chi connectivity index (χ1v) is 7.41. The fraction of sp³-hybridized carbons (Fsp3) is 0.667. The maximum atomic E-state index is 12.1. The second-order valence-corrected chi connectivity index (χ2v) is 7.54. The van der Waals surface area contributed by atoms with Crippen LogP contribution in [0.15, 0.2) is 4.90 Å². The smallest absolute Gasteiger partial charge is 0.249 e. The van der Waals surface area contributed by atoms with Gasteiger partial charge < -0.3 is 16.2 Å². The first-order valence-electron chi connectivity index (χ1n) is 5.19. The van der Waals surface area contributed by atoms with E-state index in [0.717, 1.165) is 15.8 Å². The number of nitrogens with zero attached hydrogens (tertiary/aromatic N) is 2. The largest absolute Gasteiger partial charge is 0.389 e. The number of hydrogen-bond acceptors (Lipinski definition) is 7. The Morgan fingerprint density at radius 2 is 2.06 bits per heavy atom. The predicted octanol–water partition coefficient (Wildman–Crippen LogP) is 0.158.